The van der Waals surface area contributed by atoms with Crippen LogP contribution in [0.25, 0.3) is 10.9 Å². The molecule has 11 heteroatoms. The number of amides is 2. The Morgan fingerprint density at radius 1 is 1.00 bits per heavy atom. The van der Waals surface area contributed by atoms with Gasteiger partial charge in [-0.05, 0) is 93.6 Å². The van der Waals surface area contributed by atoms with Gasteiger partial charge in [-0.2, -0.15) is 0 Å². The molecule has 0 radical (unpaired) electrons. The summed E-state index contributed by atoms with van der Waals surface area (Å²) in [7, 11) is 3.73. The fourth-order valence-corrected chi connectivity index (χ4v) is 7.47. The van der Waals surface area contributed by atoms with Crippen molar-refractivity contribution in [3.63, 3.8) is 0 Å². The second kappa shape index (κ2) is 14.4. The van der Waals surface area contributed by atoms with Gasteiger partial charge in [0, 0.05) is 29.2 Å². The van der Waals surface area contributed by atoms with Crippen LogP contribution in [0.5, 0.6) is 11.5 Å². The molecular weight excluding hydrogens is 623 g/mol. The van der Waals surface area contributed by atoms with Crippen molar-refractivity contribution in [3.8, 4) is 11.5 Å². The zero-order valence-corrected chi connectivity index (χ0v) is 28.1. The van der Waals surface area contributed by atoms with E-state index >= 15 is 4.39 Å². The lowest BCUT2D eigenvalue weighted by molar-refractivity contribution is -0.122. The largest absolute Gasteiger partial charge is 0.493 e. The number of ether oxygens (including phenoxy) is 2. The van der Waals surface area contributed by atoms with Crippen molar-refractivity contribution in [3.05, 3.63) is 77.9 Å². The molecule has 2 amide bonds. The van der Waals surface area contributed by atoms with Crippen LogP contribution in [-0.2, 0) is 11.3 Å². The van der Waals surface area contributed by atoms with Crippen LogP contribution in [0.2, 0.25) is 0 Å². The number of nitrogens with zero attached hydrogens (tertiary/aromatic N) is 4. The Morgan fingerprint density at radius 2 is 1.80 bits per heavy atom. The molecule has 1 atom stereocenters. The Morgan fingerprint density at radius 3 is 2.55 bits per heavy atom. The molecular formula is C38H43FN6O4. The molecule has 256 valence electrons. The average Bonchev–Trinajstić information content (AvgIpc) is 3.44. The number of anilines is 3. The highest BCUT2D eigenvalue weighted by Crippen LogP contribution is 2.37. The molecule has 0 bridgehead atoms. The number of carbonyl (C=O) groups excluding carboxylic acids is 2. The van der Waals surface area contributed by atoms with Crippen LogP contribution in [-0.4, -0.2) is 71.5 Å². The molecule has 7 rings (SSSR count). The molecule has 0 spiro atoms. The quantitative estimate of drug-likeness (QED) is 0.191. The number of fused-ring (bicyclic) bond motifs is 2. The normalized spacial score (nSPS) is 17.9. The number of rotatable bonds is 10. The van der Waals surface area contributed by atoms with Crippen LogP contribution >= 0.6 is 0 Å². The summed E-state index contributed by atoms with van der Waals surface area (Å²) in [6.45, 7) is 3.11. The number of hydrogen-bond acceptors (Lipinski definition) is 8. The van der Waals surface area contributed by atoms with Crippen molar-refractivity contribution >= 4 is 39.9 Å². The third-order valence-corrected chi connectivity index (χ3v) is 10.3. The minimum absolute atomic E-state index is 0.0426. The summed E-state index contributed by atoms with van der Waals surface area (Å²) in [5.41, 5.74) is 2.71. The Bertz CT molecular complexity index is 1840. The fraction of sp³-hybridized carbons (Fsp3) is 0.421. The van der Waals surface area contributed by atoms with Crippen molar-refractivity contribution in [2.24, 2.45) is 11.8 Å². The first-order valence-corrected chi connectivity index (χ1v) is 17.3. The number of methoxy groups -OCH3 is 1. The molecule has 3 aliphatic rings. The Labute approximate surface area is 286 Å². The van der Waals surface area contributed by atoms with Gasteiger partial charge in [0.1, 0.15) is 24.0 Å². The summed E-state index contributed by atoms with van der Waals surface area (Å²) in [6.07, 6.45) is 8.52. The first-order valence-electron chi connectivity index (χ1n) is 17.3. The van der Waals surface area contributed by atoms with Crippen molar-refractivity contribution < 1.29 is 23.5 Å². The minimum atomic E-state index is -0.637. The number of likely N-dealkylation sites (tertiary alicyclic amines) is 1. The number of hydrogen-bond donors (Lipinski definition) is 2. The lowest BCUT2D eigenvalue weighted by Gasteiger charge is -2.35. The Kier molecular flexibility index (Phi) is 9.61. The highest BCUT2D eigenvalue weighted by molar-refractivity contribution is 6.04. The Balaban J connectivity index is 1.07. The molecule has 1 aliphatic carbocycles. The molecule has 10 nitrogen and oxygen atoms in total. The molecule has 1 saturated carbocycles. The SMILES string of the molecule is COc1cc2c(Nc3ccc(NC(=O)C(C4CCCCC4)N4Cc5ccccc5C4=O)cc3F)ncnc2cc1OCC1CCN(C)CC1. The van der Waals surface area contributed by atoms with Gasteiger partial charge in [0.15, 0.2) is 11.5 Å². The zero-order valence-electron chi connectivity index (χ0n) is 28.1. The molecule has 1 saturated heterocycles. The van der Waals surface area contributed by atoms with Gasteiger partial charge in [0.25, 0.3) is 5.91 Å². The second-order valence-corrected chi connectivity index (χ2v) is 13.5. The van der Waals surface area contributed by atoms with Crippen molar-refractivity contribution in [2.75, 3.05) is 44.5 Å². The summed E-state index contributed by atoms with van der Waals surface area (Å²) in [6, 6.07) is 15.0. The maximum atomic E-state index is 15.6. The number of nitrogens with one attached hydrogen (secondary N) is 2. The van der Waals surface area contributed by atoms with Crippen molar-refractivity contribution in [1.82, 2.24) is 19.8 Å². The predicted molar refractivity (Wildman–Crippen MR) is 187 cm³/mol. The van der Waals surface area contributed by atoms with Gasteiger partial charge in [-0.15, -0.1) is 0 Å². The van der Waals surface area contributed by atoms with Crippen LogP contribution in [0.3, 0.4) is 0 Å². The van der Waals surface area contributed by atoms with Crippen LogP contribution in [0, 0.1) is 17.7 Å². The lowest BCUT2D eigenvalue weighted by atomic mass is 9.82. The second-order valence-electron chi connectivity index (χ2n) is 13.5. The van der Waals surface area contributed by atoms with Gasteiger partial charge in [0.05, 0.1) is 24.9 Å². The number of piperidine rings is 1. The number of benzene rings is 3. The summed E-state index contributed by atoms with van der Waals surface area (Å²) in [4.78, 5) is 40.2. The monoisotopic (exact) mass is 666 g/mol. The van der Waals surface area contributed by atoms with Gasteiger partial charge >= 0.3 is 0 Å². The van der Waals surface area contributed by atoms with E-state index in [4.69, 9.17) is 9.47 Å². The molecule has 2 N–H and O–H groups in total. The summed E-state index contributed by atoms with van der Waals surface area (Å²) < 4.78 is 27.5. The molecule has 1 unspecified atom stereocenters. The van der Waals surface area contributed by atoms with Crippen LogP contribution < -0.4 is 20.1 Å². The highest BCUT2D eigenvalue weighted by atomic mass is 19.1. The smallest absolute Gasteiger partial charge is 0.255 e. The topological polar surface area (TPSA) is 109 Å². The van der Waals surface area contributed by atoms with E-state index in [9.17, 15) is 9.59 Å². The van der Waals surface area contributed by atoms with E-state index in [0.717, 1.165) is 63.6 Å². The van der Waals surface area contributed by atoms with E-state index < -0.39 is 11.9 Å². The summed E-state index contributed by atoms with van der Waals surface area (Å²) >= 11 is 0. The number of aromatic nitrogens is 2. The summed E-state index contributed by atoms with van der Waals surface area (Å²) in [5, 5.41) is 6.67. The van der Waals surface area contributed by atoms with E-state index in [2.05, 4.69) is 32.5 Å². The van der Waals surface area contributed by atoms with E-state index in [0.29, 0.717) is 58.5 Å². The molecule has 2 fully saturated rings. The zero-order chi connectivity index (χ0) is 33.9. The maximum absolute atomic E-state index is 15.6. The summed E-state index contributed by atoms with van der Waals surface area (Å²) in [5.74, 6) is 1.10. The van der Waals surface area contributed by atoms with E-state index in [-0.39, 0.29) is 23.4 Å². The van der Waals surface area contributed by atoms with Gasteiger partial charge in [0.2, 0.25) is 5.91 Å². The molecule has 49 heavy (non-hydrogen) atoms. The van der Waals surface area contributed by atoms with Crippen LogP contribution in [0.1, 0.15) is 60.9 Å². The van der Waals surface area contributed by atoms with Crippen molar-refractivity contribution in [1.29, 1.82) is 0 Å². The van der Waals surface area contributed by atoms with E-state index in [1.165, 1.54) is 12.4 Å². The standard InChI is InChI=1S/C38H43FN6O4/c1-44-16-14-24(15-17-44)22-49-34-20-32-29(19-33(34)48-2)36(41-23-40-32)43-31-13-12-27(18-30(31)39)42-37(46)35(25-8-4-3-5-9-25)45-21-26-10-6-7-11-28(26)38(45)47/h6-7,10-13,18-20,23-25,35H,3-5,8-9,14-17,21-22H2,1-2H3,(H,42,46)(H,40,41,43). The third kappa shape index (κ3) is 7.03. The molecule has 2 aliphatic heterocycles. The van der Waals surface area contributed by atoms with Gasteiger partial charge in [-0.3, -0.25) is 9.59 Å². The van der Waals surface area contributed by atoms with Gasteiger partial charge < -0.3 is 29.9 Å². The number of halogens is 1. The lowest BCUT2D eigenvalue weighted by Crippen LogP contribution is -2.49. The van der Waals surface area contributed by atoms with Gasteiger partial charge in [-0.1, -0.05) is 37.5 Å². The first kappa shape index (κ1) is 32.8. The van der Waals surface area contributed by atoms with Crippen LogP contribution in [0.15, 0.2) is 60.9 Å². The first-order chi connectivity index (χ1) is 23.9. The molecule has 4 aromatic rings. The van der Waals surface area contributed by atoms with Crippen LogP contribution in [0.4, 0.5) is 21.6 Å². The maximum Gasteiger partial charge on any atom is 0.255 e. The molecule has 3 aromatic carbocycles. The average molecular weight is 667 g/mol. The van der Waals surface area contributed by atoms with Gasteiger partial charge in [-0.25, -0.2) is 14.4 Å². The Hall–Kier alpha value is -4.77. The molecule has 1 aromatic heterocycles. The minimum Gasteiger partial charge on any atom is -0.493 e. The highest BCUT2D eigenvalue weighted by Gasteiger charge is 2.41. The fourth-order valence-electron chi connectivity index (χ4n) is 7.47. The predicted octanol–water partition coefficient (Wildman–Crippen LogP) is 6.79. The van der Waals surface area contributed by atoms with E-state index in [1.807, 2.05) is 30.3 Å². The third-order valence-electron chi connectivity index (χ3n) is 10.3. The number of carbonyl (C=O) groups is 2. The molecule has 3 heterocycles. The van der Waals surface area contributed by atoms with E-state index in [1.54, 1.807) is 30.2 Å². The van der Waals surface area contributed by atoms with Crippen molar-refractivity contribution in [2.45, 2.75) is 57.5 Å².